The summed E-state index contributed by atoms with van der Waals surface area (Å²) in [5.74, 6) is -0.626. The fourth-order valence-corrected chi connectivity index (χ4v) is 3.28. The van der Waals surface area contributed by atoms with E-state index in [4.69, 9.17) is 0 Å². The highest BCUT2D eigenvalue weighted by Gasteiger charge is 2.35. The van der Waals surface area contributed by atoms with Crippen molar-refractivity contribution < 1.29 is 19.5 Å². The van der Waals surface area contributed by atoms with Crippen LogP contribution < -0.4 is 5.32 Å². The standard InChI is InChI=1S/C19H16N2O4S/c22-15-8-4-5-13(11-15)12-16-18(24)21(19(25)26-16)10-9-17(23)20-14-6-2-1-3-7-14/h1-8,11-12,22H,9-10H2,(H,20,23)/b16-12-. The monoisotopic (exact) mass is 368 g/mol. The average molecular weight is 368 g/mol. The molecule has 3 amide bonds. The first-order valence-corrected chi connectivity index (χ1v) is 8.74. The molecule has 0 bridgehead atoms. The van der Waals surface area contributed by atoms with Crippen LogP contribution in [0.25, 0.3) is 6.08 Å². The Balaban J connectivity index is 1.61. The number of rotatable bonds is 5. The predicted octanol–water partition coefficient (Wildman–Crippen LogP) is 3.46. The van der Waals surface area contributed by atoms with Crippen LogP contribution in [-0.2, 0) is 9.59 Å². The molecule has 0 aliphatic carbocycles. The maximum atomic E-state index is 12.4. The molecule has 132 valence electrons. The SMILES string of the molecule is O=C(CCN1C(=O)S/C(=C\c2cccc(O)c2)C1=O)Nc1ccccc1. The Morgan fingerprint density at radius 1 is 1.12 bits per heavy atom. The smallest absolute Gasteiger partial charge is 0.293 e. The van der Waals surface area contributed by atoms with Gasteiger partial charge in [-0.1, -0.05) is 30.3 Å². The highest BCUT2D eigenvalue weighted by molar-refractivity contribution is 8.18. The van der Waals surface area contributed by atoms with Crippen molar-refractivity contribution in [3.8, 4) is 5.75 Å². The summed E-state index contributed by atoms with van der Waals surface area (Å²) in [6.45, 7) is 0.0146. The molecular formula is C19H16N2O4S. The van der Waals surface area contributed by atoms with Crippen molar-refractivity contribution in [1.29, 1.82) is 0 Å². The van der Waals surface area contributed by atoms with Gasteiger partial charge in [-0.2, -0.15) is 0 Å². The van der Waals surface area contributed by atoms with E-state index in [1.165, 1.54) is 12.1 Å². The summed E-state index contributed by atoms with van der Waals surface area (Å²) in [5.41, 5.74) is 1.28. The quantitative estimate of drug-likeness (QED) is 0.790. The van der Waals surface area contributed by atoms with Gasteiger partial charge in [0.2, 0.25) is 5.91 Å². The Bertz CT molecular complexity index is 880. The van der Waals surface area contributed by atoms with Crippen molar-refractivity contribution >= 4 is 40.6 Å². The highest BCUT2D eigenvalue weighted by atomic mass is 32.2. The average Bonchev–Trinajstić information content (AvgIpc) is 2.87. The number of benzene rings is 2. The number of phenolic OH excluding ortho intramolecular Hbond substituents is 1. The molecule has 1 aliphatic heterocycles. The minimum atomic E-state index is -0.434. The molecule has 6 nitrogen and oxygen atoms in total. The van der Waals surface area contributed by atoms with Gasteiger partial charge < -0.3 is 10.4 Å². The number of hydrogen-bond acceptors (Lipinski definition) is 5. The molecular weight excluding hydrogens is 352 g/mol. The fourth-order valence-electron chi connectivity index (χ4n) is 2.42. The molecule has 0 spiro atoms. The largest absolute Gasteiger partial charge is 0.508 e. The fraction of sp³-hybridized carbons (Fsp3) is 0.105. The molecule has 0 atom stereocenters. The van der Waals surface area contributed by atoms with Crippen LogP contribution in [0.3, 0.4) is 0 Å². The first-order chi connectivity index (χ1) is 12.5. The topological polar surface area (TPSA) is 86.7 Å². The summed E-state index contributed by atoms with van der Waals surface area (Å²) in [7, 11) is 0. The lowest BCUT2D eigenvalue weighted by Crippen LogP contribution is -2.31. The minimum absolute atomic E-state index is 0.0146. The number of anilines is 1. The van der Waals surface area contributed by atoms with Gasteiger partial charge in [0.05, 0.1) is 4.91 Å². The zero-order valence-corrected chi connectivity index (χ0v) is 14.5. The van der Waals surface area contributed by atoms with Crippen molar-refractivity contribution in [1.82, 2.24) is 4.90 Å². The second-order valence-electron chi connectivity index (χ2n) is 5.59. The lowest BCUT2D eigenvalue weighted by atomic mass is 10.2. The summed E-state index contributed by atoms with van der Waals surface area (Å²) in [6, 6.07) is 15.4. The van der Waals surface area contributed by atoms with Gasteiger partial charge in [-0.25, -0.2) is 0 Å². The Morgan fingerprint density at radius 3 is 2.62 bits per heavy atom. The third kappa shape index (κ3) is 4.31. The van der Waals surface area contributed by atoms with Crippen LogP contribution in [-0.4, -0.2) is 33.6 Å². The number of thioether (sulfide) groups is 1. The molecule has 1 saturated heterocycles. The molecule has 1 fully saturated rings. The van der Waals surface area contributed by atoms with Gasteiger partial charge in [-0.3, -0.25) is 19.3 Å². The molecule has 3 rings (SSSR count). The van der Waals surface area contributed by atoms with E-state index in [1.807, 2.05) is 6.07 Å². The van der Waals surface area contributed by atoms with Crippen LogP contribution in [0.4, 0.5) is 10.5 Å². The Kier molecular flexibility index (Phi) is 5.38. The molecule has 1 aliphatic rings. The number of aromatic hydroxyl groups is 1. The number of carbonyl (C=O) groups is 3. The second-order valence-corrected chi connectivity index (χ2v) is 6.59. The van der Waals surface area contributed by atoms with Gasteiger partial charge in [-0.05, 0) is 47.7 Å². The first kappa shape index (κ1) is 17.8. The zero-order chi connectivity index (χ0) is 18.5. The molecule has 0 unspecified atom stereocenters. The lowest BCUT2D eigenvalue weighted by molar-refractivity contribution is -0.123. The first-order valence-electron chi connectivity index (χ1n) is 7.92. The highest BCUT2D eigenvalue weighted by Crippen LogP contribution is 2.32. The summed E-state index contributed by atoms with van der Waals surface area (Å²) >= 11 is 0.823. The third-order valence-electron chi connectivity index (χ3n) is 3.66. The number of amides is 3. The van der Waals surface area contributed by atoms with Crippen molar-refractivity contribution in [2.45, 2.75) is 6.42 Å². The Labute approximate surface area is 154 Å². The van der Waals surface area contributed by atoms with Crippen molar-refractivity contribution in [3.05, 3.63) is 65.1 Å². The van der Waals surface area contributed by atoms with Gasteiger partial charge in [0.15, 0.2) is 0 Å². The minimum Gasteiger partial charge on any atom is -0.508 e. The van der Waals surface area contributed by atoms with E-state index < -0.39 is 11.1 Å². The third-order valence-corrected chi connectivity index (χ3v) is 4.57. The number of nitrogens with one attached hydrogen (secondary N) is 1. The summed E-state index contributed by atoms with van der Waals surface area (Å²) < 4.78 is 0. The van der Waals surface area contributed by atoms with Gasteiger partial charge in [0.1, 0.15) is 5.75 Å². The maximum absolute atomic E-state index is 12.4. The van der Waals surface area contributed by atoms with E-state index in [-0.39, 0.29) is 29.5 Å². The van der Waals surface area contributed by atoms with E-state index in [1.54, 1.807) is 42.5 Å². The second kappa shape index (κ2) is 7.88. The predicted molar refractivity (Wildman–Crippen MR) is 100 cm³/mol. The van der Waals surface area contributed by atoms with Gasteiger partial charge in [-0.15, -0.1) is 0 Å². The summed E-state index contributed by atoms with van der Waals surface area (Å²) in [6.07, 6.45) is 1.57. The number of carbonyl (C=O) groups excluding carboxylic acids is 3. The molecule has 2 aromatic carbocycles. The Morgan fingerprint density at radius 2 is 1.88 bits per heavy atom. The van der Waals surface area contributed by atoms with Crippen LogP contribution in [0.5, 0.6) is 5.75 Å². The molecule has 2 N–H and O–H groups in total. The van der Waals surface area contributed by atoms with E-state index in [9.17, 15) is 19.5 Å². The molecule has 0 radical (unpaired) electrons. The number of phenols is 1. The van der Waals surface area contributed by atoms with Crippen LogP contribution in [0, 0.1) is 0 Å². The molecule has 2 aromatic rings. The van der Waals surface area contributed by atoms with E-state index in [0.717, 1.165) is 16.7 Å². The van der Waals surface area contributed by atoms with E-state index in [2.05, 4.69) is 5.32 Å². The summed E-state index contributed by atoms with van der Waals surface area (Å²) in [5, 5.41) is 11.8. The van der Waals surface area contributed by atoms with Gasteiger partial charge in [0, 0.05) is 18.7 Å². The lowest BCUT2D eigenvalue weighted by Gasteiger charge is -2.12. The van der Waals surface area contributed by atoms with E-state index in [0.29, 0.717) is 11.3 Å². The van der Waals surface area contributed by atoms with Gasteiger partial charge in [0.25, 0.3) is 11.1 Å². The molecule has 0 saturated carbocycles. The van der Waals surface area contributed by atoms with Crippen LogP contribution in [0.2, 0.25) is 0 Å². The Hall–Kier alpha value is -3.06. The summed E-state index contributed by atoms with van der Waals surface area (Å²) in [4.78, 5) is 37.8. The molecule has 1 heterocycles. The molecule has 0 aromatic heterocycles. The van der Waals surface area contributed by atoms with Crippen LogP contribution in [0.15, 0.2) is 59.5 Å². The number of imide groups is 1. The molecule has 26 heavy (non-hydrogen) atoms. The van der Waals surface area contributed by atoms with Crippen LogP contribution in [0.1, 0.15) is 12.0 Å². The van der Waals surface area contributed by atoms with Crippen molar-refractivity contribution in [3.63, 3.8) is 0 Å². The van der Waals surface area contributed by atoms with Crippen LogP contribution >= 0.6 is 11.8 Å². The van der Waals surface area contributed by atoms with E-state index >= 15 is 0 Å². The van der Waals surface area contributed by atoms with Crippen molar-refractivity contribution in [2.75, 3.05) is 11.9 Å². The zero-order valence-electron chi connectivity index (χ0n) is 13.7. The number of para-hydroxylation sites is 1. The maximum Gasteiger partial charge on any atom is 0.293 e. The molecule has 7 heteroatoms. The number of nitrogens with zero attached hydrogens (tertiary/aromatic N) is 1. The normalized spacial score (nSPS) is 15.5. The van der Waals surface area contributed by atoms with Gasteiger partial charge >= 0.3 is 0 Å². The van der Waals surface area contributed by atoms with Crippen molar-refractivity contribution in [2.24, 2.45) is 0 Å². The number of hydrogen-bond donors (Lipinski definition) is 2.